The summed E-state index contributed by atoms with van der Waals surface area (Å²) in [5.41, 5.74) is 4.41. The number of furan rings is 1. The van der Waals surface area contributed by atoms with Crippen LogP contribution < -0.4 is 0 Å². The maximum Gasteiger partial charge on any atom is 0.134 e. The van der Waals surface area contributed by atoms with Crippen LogP contribution >= 0.6 is 0 Å². The van der Waals surface area contributed by atoms with Gasteiger partial charge in [0.1, 0.15) is 17.6 Å². The molecule has 1 atom stereocenters. The second kappa shape index (κ2) is 9.22. The molecule has 0 N–H and O–H groups in total. The highest BCUT2D eigenvalue weighted by Gasteiger charge is 2.21. The van der Waals surface area contributed by atoms with Crippen molar-refractivity contribution < 1.29 is 9.15 Å². The van der Waals surface area contributed by atoms with Gasteiger partial charge in [-0.2, -0.15) is 0 Å². The fourth-order valence-corrected chi connectivity index (χ4v) is 3.39. The van der Waals surface area contributed by atoms with Crippen molar-refractivity contribution in [1.82, 2.24) is 0 Å². The summed E-state index contributed by atoms with van der Waals surface area (Å²) < 4.78 is 12.4. The monoisotopic (exact) mass is 380 g/mol. The van der Waals surface area contributed by atoms with Gasteiger partial charge in [0, 0.05) is 11.1 Å². The second-order valence-corrected chi connectivity index (χ2v) is 6.93. The molecule has 0 saturated heterocycles. The summed E-state index contributed by atoms with van der Waals surface area (Å²) in [5.74, 6) is 1.74. The van der Waals surface area contributed by atoms with Gasteiger partial charge in [-0.25, -0.2) is 0 Å². The van der Waals surface area contributed by atoms with Crippen LogP contribution in [0.2, 0.25) is 0 Å². The zero-order chi connectivity index (χ0) is 19.9. The van der Waals surface area contributed by atoms with E-state index in [0.29, 0.717) is 6.61 Å². The van der Waals surface area contributed by atoms with Crippen LogP contribution in [-0.2, 0) is 4.74 Å². The van der Waals surface area contributed by atoms with E-state index in [-0.39, 0.29) is 6.10 Å². The molecule has 0 aliphatic carbocycles. The Hall–Kier alpha value is -3.36. The highest BCUT2D eigenvalue weighted by Crippen LogP contribution is 2.34. The van der Waals surface area contributed by atoms with Gasteiger partial charge in [0.25, 0.3) is 0 Å². The third-order valence-corrected chi connectivity index (χ3v) is 4.87. The van der Waals surface area contributed by atoms with E-state index in [0.717, 1.165) is 28.2 Å². The van der Waals surface area contributed by atoms with Crippen molar-refractivity contribution in [1.29, 1.82) is 0 Å². The maximum absolute atomic E-state index is 6.32. The molecule has 2 heteroatoms. The van der Waals surface area contributed by atoms with E-state index in [1.807, 2.05) is 61.5 Å². The third-order valence-electron chi connectivity index (χ3n) is 4.87. The lowest BCUT2D eigenvalue weighted by molar-refractivity contribution is 0.103. The number of aryl methyl sites for hydroxylation is 1. The van der Waals surface area contributed by atoms with Gasteiger partial charge in [-0.15, -0.1) is 0 Å². The van der Waals surface area contributed by atoms with E-state index in [9.17, 15) is 0 Å². The van der Waals surface area contributed by atoms with Crippen molar-refractivity contribution in [2.24, 2.45) is 0 Å². The van der Waals surface area contributed by atoms with Gasteiger partial charge < -0.3 is 9.15 Å². The van der Waals surface area contributed by atoms with Crippen LogP contribution in [0.15, 0.2) is 108 Å². The van der Waals surface area contributed by atoms with Gasteiger partial charge in [0.05, 0.1) is 6.61 Å². The molecule has 0 amide bonds. The van der Waals surface area contributed by atoms with Crippen LogP contribution in [0, 0.1) is 6.92 Å². The number of ether oxygens (including phenoxy) is 1. The fourth-order valence-electron chi connectivity index (χ4n) is 3.39. The Labute approximate surface area is 172 Å². The molecule has 1 heterocycles. The fraction of sp³-hybridized carbons (Fsp3) is 0.111. The first-order valence-electron chi connectivity index (χ1n) is 9.85. The van der Waals surface area contributed by atoms with Crippen molar-refractivity contribution in [2.75, 3.05) is 6.61 Å². The van der Waals surface area contributed by atoms with Crippen LogP contribution in [0.4, 0.5) is 0 Å². The molecule has 2 nitrogen and oxygen atoms in total. The molecule has 0 spiro atoms. The van der Waals surface area contributed by atoms with E-state index in [4.69, 9.17) is 9.15 Å². The highest BCUT2D eigenvalue weighted by atomic mass is 16.5. The van der Waals surface area contributed by atoms with Gasteiger partial charge in [0.2, 0.25) is 0 Å². The van der Waals surface area contributed by atoms with Gasteiger partial charge in [0.15, 0.2) is 0 Å². The first kappa shape index (κ1) is 19.0. The van der Waals surface area contributed by atoms with E-state index < -0.39 is 0 Å². The molecule has 4 aromatic rings. The minimum Gasteiger partial charge on any atom is -0.461 e. The van der Waals surface area contributed by atoms with Crippen molar-refractivity contribution in [3.63, 3.8) is 0 Å². The Bertz CT molecular complexity index is 1050. The molecule has 0 radical (unpaired) electrons. The number of hydrogen-bond acceptors (Lipinski definition) is 2. The average molecular weight is 380 g/mol. The Morgan fingerprint density at radius 3 is 2.14 bits per heavy atom. The van der Waals surface area contributed by atoms with Crippen LogP contribution in [0.1, 0.15) is 28.6 Å². The van der Waals surface area contributed by atoms with Crippen molar-refractivity contribution in [3.05, 3.63) is 126 Å². The highest BCUT2D eigenvalue weighted by molar-refractivity contribution is 5.59. The molecule has 29 heavy (non-hydrogen) atoms. The molecule has 3 aromatic carbocycles. The van der Waals surface area contributed by atoms with Crippen molar-refractivity contribution in [2.45, 2.75) is 13.0 Å². The van der Waals surface area contributed by atoms with Gasteiger partial charge >= 0.3 is 0 Å². The second-order valence-electron chi connectivity index (χ2n) is 6.93. The molecule has 0 aliphatic heterocycles. The predicted molar refractivity (Wildman–Crippen MR) is 119 cm³/mol. The minimum atomic E-state index is -0.183. The zero-order valence-corrected chi connectivity index (χ0v) is 16.5. The van der Waals surface area contributed by atoms with E-state index >= 15 is 0 Å². The molecule has 0 bridgehead atoms. The topological polar surface area (TPSA) is 22.4 Å². The standard InChI is InChI=1S/C27H24O2/c1-21-25(20-26(29-21)23-15-7-3-8-16-23)27(24-17-9-4-10-18-24)28-19-11-14-22-12-5-2-6-13-22/h2-18,20,27H,19H2,1H3/b14-11+. The lowest BCUT2D eigenvalue weighted by Crippen LogP contribution is -2.06. The SMILES string of the molecule is Cc1oc(-c2ccccc2)cc1C(OC/C=C/c1ccccc1)c1ccccc1. The Morgan fingerprint density at radius 2 is 1.45 bits per heavy atom. The summed E-state index contributed by atoms with van der Waals surface area (Å²) in [6, 6.07) is 32.8. The summed E-state index contributed by atoms with van der Waals surface area (Å²) >= 11 is 0. The molecule has 0 aliphatic rings. The quantitative estimate of drug-likeness (QED) is 0.342. The first-order valence-corrected chi connectivity index (χ1v) is 9.85. The lowest BCUT2D eigenvalue weighted by atomic mass is 10.0. The van der Waals surface area contributed by atoms with Gasteiger partial charge in [-0.3, -0.25) is 0 Å². The summed E-state index contributed by atoms with van der Waals surface area (Å²) in [6.45, 7) is 2.51. The Morgan fingerprint density at radius 1 is 0.828 bits per heavy atom. The van der Waals surface area contributed by atoms with Crippen LogP contribution in [0.3, 0.4) is 0 Å². The number of benzene rings is 3. The molecular formula is C27H24O2. The summed E-state index contributed by atoms with van der Waals surface area (Å²) in [6.07, 6.45) is 3.95. The van der Waals surface area contributed by atoms with E-state index in [1.54, 1.807) is 0 Å². The van der Waals surface area contributed by atoms with E-state index in [1.165, 1.54) is 5.56 Å². The molecular weight excluding hydrogens is 356 g/mol. The predicted octanol–water partition coefficient (Wildman–Crippen LogP) is 7.07. The lowest BCUT2D eigenvalue weighted by Gasteiger charge is -2.17. The van der Waals surface area contributed by atoms with Gasteiger partial charge in [-0.05, 0) is 24.1 Å². The zero-order valence-electron chi connectivity index (χ0n) is 16.5. The van der Waals surface area contributed by atoms with E-state index in [2.05, 4.69) is 54.6 Å². The van der Waals surface area contributed by atoms with Crippen LogP contribution in [0.5, 0.6) is 0 Å². The Balaban J connectivity index is 1.58. The van der Waals surface area contributed by atoms with Crippen molar-refractivity contribution in [3.8, 4) is 11.3 Å². The van der Waals surface area contributed by atoms with Crippen LogP contribution in [-0.4, -0.2) is 6.61 Å². The average Bonchev–Trinajstić information content (AvgIpc) is 3.17. The number of hydrogen-bond donors (Lipinski definition) is 0. The normalized spacial score (nSPS) is 12.3. The first-order chi connectivity index (χ1) is 14.3. The summed E-state index contributed by atoms with van der Waals surface area (Å²) in [7, 11) is 0. The van der Waals surface area contributed by atoms with Gasteiger partial charge in [-0.1, -0.05) is 103 Å². The largest absolute Gasteiger partial charge is 0.461 e. The minimum absolute atomic E-state index is 0.183. The molecule has 1 aromatic heterocycles. The van der Waals surface area contributed by atoms with Crippen molar-refractivity contribution >= 4 is 6.08 Å². The summed E-state index contributed by atoms with van der Waals surface area (Å²) in [5, 5.41) is 0. The Kier molecular flexibility index (Phi) is 6.04. The van der Waals surface area contributed by atoms with Crippen LogP contribution in [0.25, 0.3) is 17.4 Å². The molecule has 1 unspecified atom stereocenters. The third kappa shape index (κ3) is 4.74. The molecule has 0 fully saturated rings. The molecule has 144 valence electrons. The molecule has 0 saturated carbocycles. The number of rotatable bonds is 7. The summed E-state index contributed by atoms with van der Waals surface area (Å²) in [4.78, 5) is 0. The molecule has 4 rings (SSSR count). The smallest absolute Gasteiger partial charge is 0.134 e. The maximum atomic E-state index is 6.32.